The highest BCUT2D eigenvalue weighted by Gasteiger charge is 2.41. The number of hydrogen-bond acceptors (Lipinski definition) is 10. The lowest BCUT2D eigenvalue weighted by Crippen LogP contribution is -2.36. The maximum atomic E-state index is 15.2. The minimum Gasteiger partial charge on any atom is -0.515 e. The SMILES string of the molecule is C=CC1=C(C)C2=NC1=CC1=NC(=C(CC)C1=CO)C=C1N=C(C(CC(=O)OC)=C3NC(=C2)C(C)C3CCC(=O)OC/C=C(\C)CCCC(C)CCCC(C)CCCC(C)C)C(C(=O)N(CCCC)CCCC)=C1C. The highest BCUT2D eigenvalue weighted by molar-refractivity contribution is 6.31. The van der Waals surface area contributed by atoms with Gasteiger partial charge in [0.15, 0.2) is 0 Å². The second-order valence-corrected chi connectivity index (χ2v) is 21.9. The molecule has 5 rings (SSSR count). The number of esters is 2. The Kier molecular flexibility index (Phi) is 23.2. The molecule has 1 amide bonds. The Morgan fingerprint density at radius 3 is 2.08 bits per heavy atom. The molecule has 0 aliphatic carbocycles. The summed E-state index contributed by atoms with van der Waals surface area (Å²) >= 11 is 0. The van der Waals surface area contributed by atoms with Gasteiger partial charge in [0.05, 0.1) is 59.6 Å². The number of fused-ring (bicyclic) bond motifs is 5. The van der Waals surface area contributed by atoms with Crippen molar-refractivity contribution >= 4 is 35.0 Å². The van der Waals surface area contributed by atoms with Crippen LogP contribution >= 0.6 is 0 Å². The molecular formula is C63H91N5O6. The van der Waals surface area contributed by atoms with Crippen molar-refractivity contribution in [1.82, 2.24) is 10.2 Å². The van der Waals surface area contributed by atoms with Crippen LogP contribution in [0, 0.1) is 29.6 Å². The lowest BCUT2D eigenvalue weighted by molar-refractivity contribution is -0.143. The number of aliphatic hydroxyl groups is 1. The summed E-state index contributed by atoms with van der Waals surface area (Å²) in [4.78, 5) is 60.0. The van der Waals surface area contributed by atoms with E-state index >= 15 is 4.79 Å². The number of unbranched alkanes of at least 4 members (excludes halogenated alkanes) is 2. The van der Waals surface area contributed by atoms with Crippen LogP contribution in [0.1, 0.15) is 185 Å². The quantitative estimate of drug-likeness (QED) is 0.0451. The zero-order valence-corrected chi connectivity index (χ0v) is 47.5. The fourth-order valence-corrected chi connectivity index (χ4v) is 10.8. The Morgan fingerprint density at radius 1 is 0.811 bits per heavy atom. The molecule has 1 fully saturated rings. The zero-order chi connectivity index (χ0) is 54.1. The van der Waals surface area contributed by atoms with Gasteiger partial charge in [0.2, 0.25) is 0 Å². The molecule has 11 heteroatoms. The van der Waals surface area contributed by atoms with E-state index in [1.54, 1.807) is 6.08 Å². The number of methoxy groups -OCH3 is 1. The molecule has 0 saturated carbocycles. The van der Waals surface area contributed by atoms with Crippen molar-refractivity contribution in [3.05, 3.63) is 116 Å². The van der Waals surface area contributed by atoms with Gasteiger partial charge in [0, 0.05) is 59.5 Å². The number of nitrogens with zero attached hydrogens (tertiary/aromatic N) is 4. The first-order valence-corrected chi connectivity index (χ1v) is 28.2. The van der Waals surface area contributed by atoms with Gasteiger partial charge in [-0.2, -0.15) is 0 Å². The van der Waals surface area contributed by atoms with Gasteiger partial charge < -0.3 is 24.8 Å². The van der Waals surface area contributed by atoms with E-state index in [1.807, 2.05) is 50.0 Å². The molecule has 0 radical (unpaired) electrons. The van der Waals surface area contributed by atoms with Crippen LogP contribution in [0.5, 0.6) is 0 Å². The molecule has 11 nitrogen and oxygen atoms in total. The third-order valence-corrected chi connectivity index (χ3v) is 15.7. The number of aliphatic hydroxyl groups excluding tert-OH is 1. The second kappa shape index (κ2) is 28.9. The first kappa shape index (κ1) is 59.3. The third kappa shape index (κ3) is 15.5. The van der Waals surface area contributed by atoms with Gasteiger partial charge in [0.1, 0.15) is 6.61 Å². The lowest BCUT2D eigenvalue weighted by Gasteiger charge is -2.25. The van der Waals surface area contributed by atoms with Crippen molar-refractivity contribution in [2.75, 3.05) is 26.8 Å². The average molecular weight is 1010 g/mol. The van der Waals surface area contributed by atoms with Gasteiger partial charge in [0.25, 0.3) is 5.91 Å². The molecule has 8 bridgehead atoms. The van der Waals surface area contributed by atoms with Crippen LogP contribution in [0.25, 0.3) is 0 Å². The molecule has 5 aliphatic heterocycles. The predicted octanol–water partition coefficient (Wildman–Crippen LogP) is 14.8. The van der Waals surface area contributed by atoms with Crippen LogP contribution in [0.4, 0.5) is 0 Å². The van der Waals surface area contributed by atoms with E-state index in [0.29, 0.717) is 88.4 Å². The Morgan fingerprint density at radius 2 is 1.47 bits per heavy atom. The van der Waals surface area contributed by atoms with Gasteiger partial charge >= 0.3 is 11.9 Å². The van der Waals surface area contributed by atoms with Crippen molar-refractivity contribution in [2.45, 2.75) is 185 Å². The number of carbonyl (C=O) groups is 3. The van der Waals surface area contributed by atoms with E-state index in [4.69, 9.17) is 24.5 Å². The number of rotatable bonds is 28. The highest BCUT2D eigenvalue weighted by Crippen LogP contribution is 2.43. The molecule has 0 aromatic heterocycles. The lowest BCUT2D eigenvalue weighted by atomic mass is 9.84. The highest BCUT2D eigenvalue weighted by atomic mass is 16.5. The first-order valence-electron chi connectivity index (χ1n) is 28.2. The average Bonchev–Trinajstić information content (AvgIpc) is 4.07. The zero-order valence-electron chi connectivity index (χ0n) is 47.5. The molecule has 5 heterocycles. The maximum Gasteiger partial charge on any atom is 0.310 e. The van der Waals surface area contributed by atoms with Gasteiger partial charge in [-0.3, -0.25) is 14.4 Å². The van der Waals surface area contributed by atoms with E-state index in [2.05, 4.69) is 67.3 Å². The number of allylic oxidation sites excluding steroid dienone is 11. The van der Waals surface area contributed by atoms with E-state index in [0.717, 1.165) is 84.8 Å². The topological polar surface area (TPSA) is 142 Å². The van der Waals surface area contributed by atoms with Crippen LogP contribution in [-0.4, -0.2) is 71.8 Å². The largest absolute Gasteiger partial charge is 0.515 e. The monoisotopic (exact) mass is 1010 g/mol. The summed E-state index contributed by atoms with van der Waals surface area (Å²) in [5.74, 6) is 0.897. The number of amides is 1. The van der Waals surface area contributed by atoms with Crippen molar-refractivity contribution < 1.29 is 29.0 Å². The summed E-state index contributed by atoms with van der Waals surface area (Å²) in [5, 5.41) is 14.4. The van der Waals surface area contributed by atoms with Crippen molar-refractivity contribution in [3.63, 3.8) is 0 Å². The molecule has 2 N–H and O–H groups in total. The number of aliphatic imine (C=N–C) groups is 3. The Hall–Kier alpha value is -5.58. The number of ether oxygens (including phenoxy) is 2. The Bertz CT molecular complexity index is 2470. The first-order chi connectivity index (χ1) is 35.5. The summed E-state index contributed by atoms with van der Waals surface area (Å²) < 4.78 is 11.3. The molecule has 4 atom stereocenters. The molecule has 1 saturated heterocycles. The van der Waals surface area contributed by atoms with Crippen LogP contribution in [-0.2, 0) is 23.9 Å². The maximum absolute atomic E-state index is 15.2. The summed E-state index contributed by atoms with van der Waals surface area (Å²) in [6.07, 6.45) is 26.4. The van der Waals surface area contributed by atoms with Gasteiger partial charge in [-0.1, -0.05) is 131 Å². The Balaban J connectivity index is 1.49. The fraction of sp³-hybridized carbons (Fsp3) is 0.587. The Labute approximate surface area is 445 Å². The summed E-state index contributed by atoms with van der Waals surface area (Å²) in [5.41, 5.74) is 11.1. The van der Waals surface area contributed by atoms with Crippen molar-refractivity contribution in [1.29, 1.82) is 0 Å². The van der Waals surface area contributed by atoms with E-state index in [9.17, 15) is 14.7 Å². The predicted molar refractivity (Wildman–Crippen MR) is 305 cm³/mol. The van der Waals surface area contributed by atoms with E-state index in [1.165, 1.54) is 57.6 Å². The molecule has 74 heavy (non-hydrogen) atoms. The summed E-state index contributed by atoms with van der Waals surface area (Å²) in [6, 6.07) is 0. The molecule has 404 valence electrons. The van der Waals surface area contributed by atoms with Gasteiger partial charge in [-0.05, 0) is 118 Å². The van der Waals surface area contributed by atoms with Crippen LogP contribution in [0.3, 0.4) is 0 Å². The molecule has 0 spiro atoms. The number of hydrogen-bond donors (Lipinski definition) is 2. The van der Waals surface area contributed by atoms with E-state index < -0.39 is 5.97 Å². The molecule has 0 aromatic rings. The van der Waals surface area contributed by atoms with Crippen LogP contribution in [0.15, 0.2) is 131 Å². The molecule has 0 aromatic carbocycles. The van der Waals surface area contributed by atoms with Crippen LogP contribution < -0.4 is 5.32 Å². The second-order valence-electron chi connectivity index (χ2n) is 21.9. The molecular weight excluding hydrogens is 923 g/mol. The molecule has 5 aliphatic rings. The standard InChI is InChI=1S/C63H91N5O6/c1-14-18-32-68(33-19-15-2)63(72)60-46(12)54-37-56-48(17-4)51(39-69)57(65-56)38-55-47(16-3)44(10)52(64-55)36-53-45(11)49(61(66-53)50(62(60)67-54)35-59(71)73-13)29-30-58(70)74-34-31-43(9)28-22-27-42(8)26-21-25-41(7)24-20-23-40(5)6/h16,31,36-42,45,49,66,69H,3,14-15,17-30,32-35H2,1-2,4-13H3/b43-31+,51-39?,53-36?,54-37?,55-38?,61-50?. The number of nitrogens with one attached hydrogen (secondary N) is 1. The third-order valence-electron chi connectivity index (χ3n) is 15.7. The van der Waals surface area contributed by atoms with Gasteiger partial charge in [-0.25, -0.2) is 15.0 Å². The minimum absolute atomic E-state index is 0.141. The summed E-state index contributed by atoms with van der Waals surface area (Å²) in [6.45, 7) is 29.3. The minimum atomic E-state index is -0.484. The van der Waals surface area contributed by atoms with E-state index in [-0.39, 0.29) is 43.2 Å². The fourth-order valence-electron chi connectivity index (χ4n) is 10.8. The van der Waals surface area contributed by atoms with Crippen LogP contribution in [0.2, 0.25) is 0 Å². The smallest absolute Gasteiger partial charge is 0.310 e. The van der Waals surface area contributed by atoms with Gasteiger partial charge in [-0.15, -0.1) is 0 Å². The number of carbonyl (C=O) groups excluding carboxylic acids is 3. The van der Waals surface area contributed by atoms with Crippen molar-refractivity contribution in [2.24, 2.45) is 44.6 Å². The molecule has 4 unspecified atom stereocenters. The van der Waals surface area contributed by atoms with Crippen molar-refractivity contribution in [3.8, 4) is 0 Å². The normalized spacial score (nSPS) is 20.1. The summed E-state index contributed by atoms with van der Waals surface area (Å²) in [7, 11) is 1.37.